The van der Waals surface area contributed by atoms with Gasteiger partial charge in [-0.1, -0.05) is 12.1 Å². The Labute approximate surface area is 170 Å². The predicted molar refractivity (Wildman–Crippen MR) is 102 cm³/mol. The molecule has 0 radical (unpaired) electrons. The fraction of sp³-hybridized carbons (Fsp3) is 0.318. The second-order valence-corrected chi connectivity index (χ2v) is 7.29. The number of hydrogen-bond acceptors (Lipinski definition) is 3. The first kappa shape index (κ1) is 20.3. The van der Waals surface area contributed by atoms with Crippen LogP contribution in [0.1, 0.15) is 35.4 Å². The van der Waals surface area contributed by atoms with E-state index >= 15 is 0 Å². The fourth-order valence-corrected chi connectivity index (χ4v) is 3.89. The third-order valence-electron chi connectivity index (χ3n) is 5.20. The molecule has 1 atom stereocenters. The Hall–Kier alpha value is -3.03. The summed E-state index contributed by atoms with van der Waals surface area (Å²) in [6, 6.07) is 11.1. The zero-order valence-electron chi connectivity index (χ0n) is 15.9. The number of alkyl halides is 3. The average molecular weight is 421 g/mol. The van der Waals surface area contributed by atoms with Gasteiger partial charge in [-0.3, -0.25) is 4.79 Å². The molecule has 3 aromatic rings. The van der Waals surface area contributed by atoms with Gasteiger partial charge in [0.05, 0.1) is 5.56 Å². The highest BCUT2D eigenvalue weighted by atomic mass is 19.4. The van der Waals surface area contributed by atoms with Crippen LogP contribution >= 0.6 is 0 Å². The number of ether oxygens (including phenoxy) is 1. The van der Waals surface area contributed by atoms with Crippen molar-refractivity contribution in [3.8, 4) is 5.75 Å². The second kappa shape index (κ2) is 8.01. The predicted octanol–water partition coefficient (Wildman–Crippen LogP) is 5.71. The summed E-state index contributed by atoms with van der Waals surface area (Å²) >= 11 is 0. The van der Waals surface area contributed by atoms with Crippen LogP contribution in [-0.2, 0) is 6.42 Å². The summed E-state index contributed by atoms with van der Waals surface area (Å²) in [5.74, 6) is -0.800. The Kier molecular flexibility index (Phi) is 5.40. The van der Waals surface area contributed by atoms with Crippen LogP contribution in [0.15, 0.2) is 52.9 Å². The van der Waals surface area contributed by atoms with E-state index in [0.717, 1.165) is 18.9 Å². The van der Waals surface area contributed by atoms with Gasteiger partial charge in [-0.15, -0.1) is 13.2 Å². The maximum Gasteiger partial charge on any atom is 0.573 e. The Morgan fingerprint density at radius 1 is 1.13 bits per heavy atom. The molecule has 2 aromatic carbocycles. The molecule has 0 saturated carbocycles. The van der Waals surface area contributed by atoms with E-state index in [0.29, 0.717) is 36.1 Å². The Morgan fingerprint density at radius 3 is 2.73 bits per heavy atom. The number of furan rings is 1. The molecule has 1 aliphatic heterocycles. The van der Waals surface area contributed by atoms with E-state index in [1.54, 1.807) is 17.0 Å². The van der Waals surface area contributed by atoms with Crippen LogP contribution in [0.2, 0.25) is 0 Å². The molecule has 2 heterocycles. The fourth-order valence-electron chi connectivity index (χ4n) is 3.89. The number of likely N-dealkylation sites (tertiary alicyclic amines) is 1. The molecule has 0 aliphatic carbocycles. The molecular weight excluding hydrogens is 402 g/mol. The SMILES string of the molecule is O=C(c1ccccc1OC(F)(F)F)N1CCCCC1Cc1cc2cc(F)ccc2o1. The molecule has 1 saturated heterocycles. The van der Waals surface area contributed by atoms with Crippen molar-refractivity contribution in [3.63, 3.8) is 0 Å². The Bertz CT molecular complexity index is 1060. The van der Waals surface area contributed by atoms with Crippen LogP contribution in [0, 0.1) is 5.82 Å². The lowest BCUT2D eigenvalue weighted by atomic mass is 9.97. The molecule has 1 fully saturated rings. The monoisotopic (exact) mass is 421 g/mol. The van der Waals surface area contributed by atoms with E-state index in [9.17, 15) is 22.4 Å². The lowest BCUT2D eigenvalue weighted by molar-refractivity contribution is -0.274. The molecule has 1 aliphatic rings. The number of amides is 1. The Morgan fingerprint density at radius 2 is 1.93 bits per heavy atom. The molecule has 1 aromatic heterocycles. The van der Waals surface area contributed by atoms with Gasteiger partial charge < -0.3 is 14.1 Å². The van der Waals surface area contributed by atoms with E-state index in [1.165, 1.54) is 30.3 Å². The largest absolute Gasteiger partial charge is 0.573 e. The number of halogens is 4. The van der Waals surface area contributed by atoms with Gasteiger partial charge in [-0.2, -0.15) is 0 Å². The van der Waals surface area contributed by atoms with Gasteiger partial charge in [-0.05, 0) is 55.7 Å². The minimum absolute atomic E-state index is 0.131. The standard InChI is InChI=1S/C22H19F4NO3/c23-15-8-9-19-14(11-15)12-17(29-19)13-16-5-3-4-10-27(16)21(28)18-6-1-2-7-20(18)30-22(24,25)26/h1-2,6-9,11-12,16H,3-5,10,13H2. The first-order valence-corrected chi connectivity index (χ1v) is 9.64. The lowest BCUT2D eigenvalue weighted by Crippen LogP contribution is -2.45. The number of piperidine rings is 1. The smallest absolute Gasteiger partial charge is 0.461 e. The van der Waals surface area contributed by atoms with Crippen LogP contribution in [0.3, 0.4) is 0 Å². The number of fused-ring (bicyclic) bond motifs is 1. The summed E-state index contributed by atoms with van der Waals surface area (Å²) in [4.78, 5) is 14.7. The van der Waals surface area contributed by atoms with Crippen LogP contribution in [0.4, 0.5) is 17.6 Å². The third-order valence-corrected chi connectivity index (χ3v) is 5.20. The van der Waals surface area contributed by atoms with E-state index < -0.39 is 18.0 Å². The normalized spacial score (nSPS) is 17.3. The van der Waals surface area contributed by atoms with Gasteiger partial charge in [0.1, 0.15) is 22.9 Å². The summed E-state index contributed by atoms with van der Waals surface area (Å²) < 4.78 is 61.5. The zero-order chi connectivity index (χ0) is 21.3. The minimum Gasteiger partial charge on any atom is -0.461 e. The number of hydrogen-bond donors (Lipinski definition) is 0. The van der Waals surface area contributed by atoms with Gasteiger partial charge in [0, 0.05) is 24.4 Å². The lowest BCUT2D eigenvalue weighted by Gasteiger charge is -2.35. The van der Waals surface area contributed by atoms with Crippen LogP contribution in [0.5, 0.6) is 5.75 Å². The van der Waals surface area contributed by atoms with Crippen molar-refractivity contribution in [1.29, 1.82) is 0 Å². The highest BCUT2D eigenvalue weighted by Gasteiger charge is 2.35. The summed E-state index contributed by atoms with van der Waals surface area (Å²) in [5.41, 5.74) is 0.414. The van der Waals surface area contributed by atoms with Crippen molar-refractivity contribution in [3.05, 3.63) is 65.7 Å². The Balaban J connectivity index is 1.58. The second-order valence-electron chi connectivity index (χ2n) is 7.29. The number of carbonyl (C=O) groups excluding carboxylic acids is 1. The maximum atomic E-state index is 13.4. The van der Waals surface area contributed by atoms with Crippen molar-refractivity contribution in [2.24, 2.45) is 0 Å². The van der Waals surface area contributed by atoms with Crippen molar-refractivity contribution < 1.29 is 31.5 Å². The van der Waals surface area contributed by atoms with Crippen LogP contribution in [0.25, 0.3) is 11.0 Å². The molecule has 1 unspecified atom stereocenters. The van der Waals surface area contributed by atoms with Gasteiger partial charge in [0.15, 0.2) is 0 Å². The number of carbonyl (C=O) groups is 1. The molecule has 0 bridgehead atoms. The summed E-state index contributed by atoms with van der Waals surface area (Å²) in [7, 11) is 0. The van der Waals surface area contributed by atoms with Gasteiger partial charge in [-0.25, -0.2) is 4.39 Å². The van der Waals surface area contributed by atoms with Gasteiger partial charge in [0.2, 0.25) is 0 Å². The first-order valence-electron chi connectivity index (χ1n) is 9.64. The molecule has 8 heteroatoms. The molecule has 0 N–H and O–H groups in total. The zero-order valence-corrected chi connectivity index (χ0v) is 15.9. The van der Waals surface area contributed by atoms with E-state index in [1.807, 2.05) is 0 Å². The number of nitrogens with zero attached hydrogens (tertiary/aromatic N) is 1. The summed E-state index contributed by atoms with van der Waals surface area (Å²) in [5, 5.41) is 0.627. The molecule has 1 amide bonds. The minimum atomic E-state index is -4.89. The van der Waals surface area contributed by atoms with Crippen molar-refractivity contribution in [1.82, 2.24) is 4.90 Å². The first-order chi connectivity index (χ1) is 14.3. The van der Waals surface area contributed by atoms with Gasteiger partial charge >= 0.3 is 6.36 Å². The van der Waals surface area contributed by atoms with E-state index in [4.69, 9.17) is 4.42 Å². The molecule has 4 nitrogen and oxygen atoms in total. The molecule has 4 rings (SSSR count). The highest BCUT2D eigenvalue weighted by molar-refractivity contribution is 5.97. The van der Waals surface area contributed by atoms with Crippen molar-refractivity contribution in [2.75, 3.05) is 6.54 Å². The maximum absolute atomic E-state index is 13.4. The van der Waals surface area contributed by atoms with Crippen molar-refractivity contribution >= 4 is 16.9 Å². The van der Waals surface area contributed by atoms with Crippen LogP contribution in [-0.4, -0.2) is 29.8 Å². The topological polar surface area (TPSA) is 42.7 Å². The number of rotatable bonds is 4. The molecule has 0 spiro atoms. The van der Waals surface area contributed by atoms with E-state index in [2.05, 4.69) is 4.74 Å². The summed E-state index contributed by atoms with van der Waals surface area (Å²) in [6.07, 6.45) is -2.15. The number of benzene rings is 2. The highest BCUT2D eigenvalue weighted by Crippen LogP contribution is 2.31. The molecular formula is C22H19F4NO3. The average Bonchev–Trinajstić information content (AvgIpc) is 3.08. The van der Waals surface area contributed by atoms with E-state index in [-0.39, 0.29) is 17.4 Å². The summed E-state index contributed by atoms with van der Waals surface area (Å²) in [6.45, 7) is 0.429. The third kappa shape index (κ3) is 4.42. The molecule has 158 valence electrons. The van der Waals surface area contributed by atoms with Crippen LogP contribution < -0.4 is 4.74 Å². The quantitative estimate of drug-likeness (QED) is 0.507. The van der Waals surface area contributed by atoms with Gasteiger partial charge in [0.25, 0.3) is 5.91 Å². The molecule has 30 heavy (non-hydrogen) atoms. The van der Waals surface area contributed by atoms with Crippen molar-refractivity contribution in [2.45, 2.75) is 38.1 Å². The number of para-hydroxylation sites is 1.